The molecule has 1 fully saturated rings. The van der Waals surface area contributed by atoms with Crippen LogP contribution < -0.4 is 5.32 Å². The number of carbonyl (C=O) groups excluding carboxylic acids is 2. The SMILES string of the molecule is CCCCC/C=C\C/C=C\CCCCCCCCCCCCCCCCCCCC(=O)OC1C(OCC(NC(=O)C(O)CCCCCCCC/C=C\C/C=C\CCCCC)C(O)/C=C/CCCCCCCCCCC)OC(CO)C(O)C1O. The lowest BCUT2D eigenvalue weighted by molar-refractivity contribution is -0.305. The number of unbranched alkanes of at least 4 members (excludes halogenated alkanes) is 38. The van der Waals surface area contributed by atoms with Crippen molar-refractivity contribution in [3.05, 3.63) is 60.8 Å². The van der Waals surface area contributed by atoms with Gasteiger partial charge in [-0.15, -0.1) is 0 Å². The third-order valence-electron chi connectivity index (χ3n) is 16.4. The highest BCUT2D eigenvalue weighted by Gasteiger charge is 2.47. The molecule has 8 atom stereocenters. The Morgan fingerprint density at radius 2 is 0.831 bits per heavy atom. The molecule has 0 spiro atoms. The number of nitrogens with one attached hydrogen (secondary N) is 1. The van der Waals surface area contributed by atoms with E-state index in [0.717, 1.165) is 89.9 Å². The lowest BCUT2D eigenvalue weighted by atomic mass is 9.99. The van der Waals surface area contributed by atoms with Crippen LogP contribution in [0, 0.1) is 0 Å². The fourth-order valence-electron chi connectivity index (χ4n) is 10.8. The third kappa shape index (κ3) is 47.2. The predicted octanol–water partition coefficient (Wildman–Crippen LogP) is 17.7. The van der Waals surface area contributed by atoms with Gasteiger partial charge in [-0.1, -0.05) is 287 Å². The minimum atomic E-state index is -1.62. The number of aliphatic hydroxyl groups is 5. The number of rotatable bonds is 60. The number of aliphatic hydroxyl groups excluding tert-OH is 5. The Labute approximate surface area is 509 Å². The number of hydrogen-bond donors (Lipinski definition) is 6. The Kier molecular flexibility index (Phi) is 56.4. The summed E-state index contributed by atoms with van der Waals surface area (Å²) in [5.41, 5.74) is 0. The Balaban J connectivity index is 2.52. The van der Waals surface area contributed by atoms with Crippen molar-refractivity contribution in [1.29, 1.82) is 0 Å². The Morgan fingerprint density at radius 3 is 1.25 bits per heavy atom. The molecule has 1 aliphatic rings. The molecule has 0 bridgehead atoms. The molecule has 11 heteroatoms. The van der Waals surface area contributed by atoms with Gasteiger partial charge in [0, 0.05) is 6.42 Å². The van der Waals surface area contributed by atoms with Crippen LogP contribution in [0.2, 0.25) is 0 Å². The minimum Gasteiger partial charge on any atom is -0.454 e. The van der Waals surface area contributed by atoms with Crippen molar-refractivity contribution in [2.45, 2.75) is 372 Å². The first-order valence-electron chi connectivity index (χ1n) is 35.1. The van der Waals surface area contributed by atoms with Crippen molar-refractivity contribution >= 4 is 11.9 Å². The van der Waals surface area contributed by atoms with E-state index in [0.29, 0.717) is 12.8 Å². The van der Waals surface area contributed by atoms with Crippen molar-refractivity contribution in [2.24, 2.45) is 0 Å². The summed E-state index contributed by atoms with van der Waals surface area (Å²) < 4.78 is 17.7. The van der Waals surface area contributed by atoms with Gasteiger partial charge in [-0.05, 0) is 89.9 Å². The summed E-state index contributed by atoms with van der Waals surface area (Å²) in [6, 6.07) is -1.03. The molecule has 484 valence electrons. The number of allylic oxidation sites excluding steroid dienone is 9. The van der Waals surface area contributed by atoms with Gasteiger partial charge < -0.3 is 45.1 Å². The molecule has 8 unspecified atom stereocenters. The van der Waals surface area contributed by atoms with E-state index < -0.39 is 67.4 Å². The van der Waals surface area contributed by atoms with E-state index in [4.69, 9.17) is 14.2 Å². The van der Waals surface area contributed by atoms with Gasteiger partial charge in [-0.3, -0.25) is 9.59 Å². The van der Waals surface area contributed by atoms with E-state index in [1.54, 1.807) is 6.08 Å². The average molecular weight is 1170 g/mol. The van der Waals surface area contributed by atoms with Crippen LogP contribution in [0.3, 0.4) is 0 Å². The number of carbonyl (C=O) groups is 2. The summed E-state index contributed by atoms with van der Waals surface area (Å²) in [5.74, 6) is -1.19. The van der Waals surface area contributed by atoms with Crippen LogP contribution in [0.25, 0.3) is 0 Å². The van der Waals surface area contributed by atoms with Gasteiger partial charge in [0.05, 0.1) is 25.4 Å². The molecule has 11 nitrogen and oxygen atoms in total. The van der Waals surface area contributed by atoms with Gasteiger partial charge in [0.15, 0.2) is 12.4 Å². The molecule has 1 heterocycles. The lowest BCUT2D eigenvalue weighted by Gasteiger charge is -2.41. The number of esters is 1. The normalized spacial score (nSPS) is 18.9. The number of amides is 1. The Bertz CT molecular complexity index is 1580. The van der Waals surface area contributed by atoms with E-state index in [9.17, 15) is 35.1 Å². The second-order valence-corrected chi connectivity index (χ2v) is 24.3. The molecular formula is C72H131NO10. The highest BCUT2D eigenvalue weighted by molar-refractivity contribution is 5.80. The molecule has 0 aromatic rings. The fourth-order valence-corrected chi connectivity index (χ4v) is 10.8. The Morgan fingerprint density at radius 1 is 0.470 bits per heavy atom. The molecule has 0 radical (unpaired) electrons. The molecule has 6 N–H and O–H groups in total. The second-order valence-electron chi connectivity index (χ2n) is 24.3. The second kappa shape index (κ2) is 59.7. The largest absolute Gasteiger partial charge is 0.454 e. The summed E-state index contributed by atoms with van der Waals surface area (Å²) in [6.45, 7) is 5.76. The average Bonchev–Trinajstić information content (AvgIpc) is 3.68. The molecule has 0 aromatic heterocycles. The van der Waals surface area contributed by atoms with E-state index in [-0.39, 0.29) is 19.4 Å². The first-order chi connectivity index (χ1) is 40.7. The fraction of sp³-hybridized carbons (Fsp3) is 0.833. The van der Waals surface area contributed by atoms with Crippen LogP contribution in [-0.2, 0) is 23.8 Å². The van der Waals surface area contributed by atoms with Crippen LogP contribution in [0.1, 0.15) is 323 Å². The van der Waals surface area contributed by atoms with Crippen molar-refractivity contribution in [1.82, 2.24) is 5.32 Å². The lowest BCUT2D eigenvalue weighted by Crippen LogP contribution is -2.61. The van der Waals surface area contributed by atoms with Crippen LogP contribution in [-0.4, -0.2) is 99.6 Å². The summed E-state index contributed by atoms with van der Waals surface area (Å²) in [5, 5.41) is 57.1. The molecule has 1 aliphatic heterocycles. The summed E-state index contributed by atoms with van der Waals surface area (Å²) in [4.78, 5) is 26.6. The number of hydrogen-bond acceptors (Lipinski definition) is 10. The first-order valence-corrected chi connectivity index (χ1v) is 35.1. The third-order valence-corrected chi connectivity index (χ3v) is 16.4. The van der Waals surface area contributed by atoms with Crippen molar-refractivity contribution in [2.75, 3.05) is 13.2 Å². The number of ether oxygens (including phenoxy) is 3. The van der Waals surface area contributed by atoms with Crippen molar-refractivity contribution < 1.29 is 49.3 Å². The van der Waals surface area contributed by atoms with Crippen LogP contribution >= 0.6 is 0 Å². The standard InChI is InChI=1S/C72H131NO10/c1-4-7-10-13-16-19-22-24-26-28-29-30-31-32-33-34-35-36-37-38-40-42-45-48-51-54-57-60-67(77)83-70-69(79)68(78)66(61-74)82-72(70)81-62-63(64(75)58-55-52-49-46-43-21-18-15-12-9-6-3)73-71(80)65(76)59-56-53-50-47-44-41-39-27-25-23-20-17-14-11-8-5-2/h16-17,19-20,24-27,55,58,63-66,68-70,72,74-76,78-79H,4-15,18,21-23,28-54,56-57,59-62H2,1-3H3,(H,73,80)/b19-16-,20-17-,26-24-,27-25-,58-55+. The van der Waals surface area contributed by atoms with E-state index in [1.165, 1.54) is 186 Å². The van der Waals surface area contributed by atoms with E-state index >= 15 is 0 Å². The quantitative estimate of drug-likeness (QED) is 0.0195. The van der Waals surface area contributed by atoms with Crippen LogP contribution in [0.4, 0.5) is 0 Å². The highest BCUT2D eigenvalue weighted by Crippen LogP contribution is 2.26. The molecule has 1 rings (SSSR count). The van der Waals surface area contributed by atoms with Gasteiger partial charge >= 0.3 is 5.97 Å². The zero-order valence-electron chi connectivity index (χ0n) is 53.8. The molecule has 1 amide bonds. The van der Waals surface area contributed by atoms with E-state index in [2.05, 4.69) is 74.7 Å². The molecule has 83 heavy (non-hydrogen) atoms. The van der Waals surface area contributed by atoms with Crippen LogP contribution in [0.15, 0.2) is 60.8 Å². The Hall–Kier alpha value is -2.64. The van der Waals surface area contributed by atoms with E-state index in [1.807, 2.05) is 6.08 Å². The minimum absolute atomic E-state index is 0.124. The molecule has 0 saturated carbocycles. The molecule has 1 saturated heterocycles. The molecule has 0 aromatic carbocycles. The topological polar surface area (TPSA) is 175 Å². The summed E-state index contributed by atoms with van der Waals surface area (Å²) in [7, 11) is 0. The van der Waals surface area contributed by atoms with Gasteiger partial charge in [0.25, 0.3) is 0 Å². The van der Waals surface area contributed by atoms with Gasteiger partial charge in [-0.2, -0.15) is 0 Å². The van der Waals surface area contributed by atoms with Gasteiger partial charge in [0.2, 0.25) is 5.91 Å². The summed E-state index contributed by atoms with van der Waals surface area (Å²) in [6.07, 6.45) is 65.5. The smallest absolute Gasteiger partial charge is 0.306 e. The van der Waals surface area contributed by atoms with Crippen molar-refractivity contribution in [3.8, 4) is 0 Å². The monoisotopic (exact) mass is 1170 g/mol. The zero-order chi connectivity index (χ0) is 60.3. The maximum atomic E-state index is 13.4. The maximum Gasteiger partial charge on any atom is 0.306 e. The van der Waals surface area contributed by atoms with Gasteiger partial charge in [0.1, 0.15) is 24.4 Å². The summed E-state index contributed by atoms with van der Waals surface area (Å²) >= 11 is 0. The van der Waals surface area contributed by atoms with Gasteiger partial charge in [-0.25, -0.2) is 0 Å². The maximum absolute atomic E-state index is 13.4. The molecular weight excluding hydrogens is 1040 g/mol. The zero-order valence-corrected chi connectivity index (χ0v) is 53.8. The molecule has 0 aliphatic carbocycles. The predicted molar refractivity (Wildman–Crippen MR) is 347 cm³/mol. The van der Waals surface area contributed by atoms with Crippen LogP contribution in [0.5, 0.6) is 0 Å². The highest BCUT2D eigenvalue weighted by atomic mass is 16.7. The van der Waals surface area contributed by atoms with Crippen molar-refractivity contribution in [3.63, 3.8) is 0 Å². The first kappa shape index (κ1) is 78.4.